The average molecular weight is 280 g/mol. The van der Waals surface area contributed by atoms with Gasteiger partial charge in [-0.2, -0.15) is 0 Å². The van der Waals surface area contributed by atoms with Gasteiger partial charge in [0, 0.05) is 36.8 Å². The molecule has 3 rings (SSSR count). The van der Waals surface area contributed by atoms with Crippen LogP contribution in [0.3, 0.4) is 0 Å². The number of nitrogens with zero attached hydrogens (tertiary/aromatic N) is 2. The van der Waals surface area contributed by atoms with E-state index in [0.29, 0.717) is 37.7 Å². The van der Waals surface area contributed by atoms with Gasteiger partial charge in [-0.1, -0.05) is 0 Å². The standard InChI is InChI=1S/C13H16N2O5/c16-15(17)12-5-11-8-19-9-20-13(11)6-10(12)7-14-1-3-18-4-2-14/h5-6H,1-4,7-9H2. The lowest BCUT2D eigenvalue weighted by Crippen LogP contribution is -2.35. The summed E-state index contributed by atoms with van der Waals surface area (Å²) < 4.78 is 15.8. The number of nitro benzene ring substituents is 1. The molecule has 0 spiro atoms. The minimum Gasteiger partial charge on any atom is -0.467 e. The van der Waals surface area contributed by atoms with Crippen molar-refractivity contribution >= 4 is 5.69 Å². The van der Waals surface area contributed by atoms with Crippen LogP contribution in [-0.4, -0.2) is 42.9 Å². The number of benzene rings is 1. The second kappa shape index (κ2) is 5.74. The molecule has 0 saturated carbocycles. The number of morpholine rings is 1. The van der Waals surface area contributed by atoms with Crippen LogP contribution in [0.25, 0.3) is 0 Å². The zero-order valence-corrected chi connectivity index (χ0v) is 11.0. The molecule has 2 heterocycles. The van der Waals surface area contributed by atoms with Crippen LogP contribution in [0.2, 0.25) is 0 Å². The van der Waals surface area contributed by atoms with E-state index < -0.39 is 0 Å². The van der Waals surface area contributed by atoms with Gasteiger partial charge in [0.2, 0.25) is 0 Å². The Morgan fingerprint density at radius 2 is 2.05 bits per heavy atom. The Hall–Kier alpha value is -1.70. The van der Waals surface area contributed by atoms with E-state index in [0.717, 1.165) is 18.7 Å². The van der Waals surface area contributed by atoms with E-state index in [2.05, 4.69) is 4.90 Å². The van der Waals surface area contributed by atoms with E-state index in [-0.39, 0.29) is 17.4 Å². The van der Waals surface area contributed by atoms with Gasteiger partial charge < -0.3 is 14.2 Å². The van der Waals surface area contributed by atoms with Crippen molar-refractivity contribution in [2.24, 2.45) is 0 Å². The number of hydrogen-bond acceptors (Lipinski definition) is 6. The molecule has 7 heteroatoms. The molecule has 2 aliphatic heterocycles. The van der Waals surface area contributed by atoms with Crippen molar-refractivity contribution in [3.8, 4) is 5.75 Å². The van der Waals surface area contributed by atoms with Crippen molar-refractivity contribution in [3.05, 3.63) is 33.4 Å². The molecular weight excluding hydrogens is 264 g/mol. The van der Waals surface area contributed by atoms with Crippen LogP contribution >= 0.6 is 0 Å². The molecule has 0 atom stereocenters. The Bertz CT molecular complexity index is 514. The molecule has 0 aromatic heterocycles. The quantitative estimate of drug-likeness (QED) is 0.613. The summed E-state index contributed by atoms with van der Waals surface area (Å²) in [4.78, 5) is 13.0. The van der Waals surface area contributed by atoms with Crippen molar-refractivity contribution in [1.29, 1.82) is 0 Å². The summed E-state index contributed by atoms with van der Waals surface area (Å²) in [7, 11) is 0. The minimum absolute atomic E-state index is 0.129. The highest BCUT2D eigenvalue weighted by molar-refractivity contribution is 5.50. The average Bonchev–Trinajstić information content (AvgIpc) is 2.47. The van der Waals surface area contributed by atoms with E-state index in [1.165, 1.54) is 0 Å². The first-order valence-electron chi connectivity index (χ1n) is 6.55. The third-order valence-electron chi connectivity index (χ3n) is 3.51. The Morgan fingerprint density at radius 3 is 2.80 bits per heavy atom. The summed E-state index contributed by atoms with van der Waals surface area (Å²) in [6.45, 7) is 4.01. The molecule has 1 fully saturated rings. The lowest BCUT2D eigenvalue weighted by Gasteiger charge is -2.27. The van der Waals surface area contributed by atoms with E-state index in [9.17, 15) is 10.1 Å². The van der Waals surface area contributed by atoms with Crippen LogP contribution in [-0.2, 0) is 22.6 Å². The van der Waals surface area contributed by atoms with Gasteiger partial charge in [-0.3, -0.25) is 15.0 Å². The fraction of sp³-hybridized carbons (Fsp3) is 0.538. The summed E-state index contributed by atoms with van der Waals surface area (Å²) in [5, 5.41) is 11.2. The van der Waals surface area contributed by atoms with Gasteiger partial charge >= 0.3 is 0 Å². The maximum absolute atomic E-state index is 11.2. The highest BCUT2D eigenvalue weighted by Crippen LogP contribution is 2.32. The van der Waals surface area contributed by atoms with Crippen molar-refractivity contribution < 1.29 is 19.1 Å². The van der Waals surface area contributed by atoms with Gasteiger partial charge in [-0.15, -0.1) is 0 Å². The zero-order valence-electron chi connectivity index (χ0n) is 11.0. The molecule has 7 nitrogen and oxygen atoms in total. The second-order valence-corrected chi connectivity index (χ2v) is 4.84. The fourth-order valence-electron chi connectivity index (χ4n) is 2.45. The van der Waals surface area contributed by atoms with E-state index in [4.69, 9.17) is 14.2 Å². The molecule has 0 aliphatic carbocycles. The lowest BCUT2D eigenvalue weighted by atomic mass is 10.1. The molecule has 0 amide bonds. The second-order valence-electron chi connectivity index (χ2n) is 4.84. The predicted molar refractivity (Wildman–Crippen MR) is 69.5 cm³/mol. The normalized spacial score (nSPS) is 19.2. The van der Waals surface area contributed by atoms with Crippen molar-refractivity contribution in [1.82, 2.24) is 4.90 Å². The zero-order chi connectivity index (χ0) is 13.9. The number of nitro groups is 1. The molecule has 0 radical (unpaired) electrons. The number of rotatable bonds is 3. The smallest absolute Gasteiger partial charge is 0.274 e. The maximum Gasteiger partial charge on any atom is 0.274 e. The highest BCUT2D eigenvalue weighted by Gasteiger charge is 2.23. The Labute approximate surface area is 116 Å². The summed E-state index contributed by atoms with van der Waals surface area (Å²) >= 11 is 0. The molecular formula is C13H16N2O5. The van der Waals surface area contributed by atoms with Gasteiger partial charge in [-0.25, -0.2) is 0 Å². The van der Waals surface area contributed by atoms with Crippen LogP contribution in [0.1, 0.15) is 11.1 Å². The van der Waals surface area contributed by atoms with Crippen LogP contribution in [0.4, 0.5) is 5.69 Å². The first-order chi connectivity index (χ1) is 9.74. The fourth-order valence-corrected chi connectivity index (χ4v) is 2.45. The first kappa shape index (κ1) is 13.3. The Morgan fingerprint density at radius 1 is 1.25 bits per heavy atom. The summed E-state index contributed by atoms with van der Waals surface area (Å²) in [6, 6.07) is 3.33. The summed E-state index contributed by atoms with van der Waals surface area (Å²) in [6.07, 6.45) is 0. The number of hydrogen-bond donors (Lipinski definition) is 0. The molecule has 20 heavy (non-hydrogen) atoms. The number of ether oxygens (including phenoxy) is 3. The van der Waals surface area contributed by atoms with Gasteiger partial charge in [0.05, 0.1) is 24.7 Å². The summed E-state index contributed by atoms with van der Waals surface area (Å²) in [5.74, 6) is 0.685. The van der Waals surface area contributed by atoms with Gasteiger partial charge in [-0.05, 0) is 6.07 Å². The van der Waals surface area contributed by atoms with E-state index in [1.54, 1.807) is 12.1 Å². The van der Waals surface area contributed by atoms with Crippen molar-refractivity contribution in [2.75, 3.05) is 33.1 Å². The molecule has 0 unspecified atom stereocenters. The largest absolute Gasteiger partial charge is 0.467 e. The number of fused-ring (bicyclic) bond motifs is 1. The van der Waals surface area contributed by atoms with Crippen LogP contribution in [0.5, 0.6) is 5.75 Å². The lowest BCUT2D eigenvalue weighted by molar-refractivity contribution is -0.385. The molecule has 1 aromatic rings. The van der Waals surface area contributed by atoms with Crippen molar-refractivity contribution in [3.63, 3.8) is 0 Å². The third-order valence-corrected chi connectivity index (χ3v) is 3.51. The van der Waals surface area contributed by atoms with Gasteiger partial charge in [0.15, 0.2) is 6.79 Å². The monoisotopic (exact) mass is 280 g/mol. The molecule has 108 valence electrons. The molecule has 1 saturated heterocycles. The van der Waals surface area contributed by atoms with Crippen LogP contribution < -0.4 is 4.74 Å². The highest BCUT2D eigenvalue weighted by atomic mass is 16.7. The van der Waals surface area contributed by atoms with Crippen molar-refractivity contribution in [2.45, 2.75) is 13.2 Å². The minimum atomic E-state index is -0.343. The topological polar surface area (TPSA) is 74.1 Å². The maximum atomic E-state index is 11.2. The summed E-state index contributed by atoms with van der Waals surface area (Å²) in [5.41, 5.74) is 1.54. The Balaban J connectivity index is 1.88. The molecule has 2 aliphatic rings. The Kier molecular flexibility index (Phi) is 3.81. The SMILES string of the molecule is O=[N+]([O-])c1cc2c(cc1CN1CCOCC1)OCOC2. The molecule has 0 N–H and O–H groups in total. The molecule has 1 aromatic carbocycles. The predicted octanol–water partition coefficient (Wildman–Crippen LogP) is 1.29. The van der Waals surface area contributed by atoms with Crippen LogP contribution in [0.15, 0.2) is 12.1 Å². The third kappa shape index (κ3) is 2.74. The molecule has 0 bridgehead atoms. The van der Waals surface area contributed by atoms with Gasteiger partial charge in [0.1, 0.15) is 5.75 Å². The first-order valence-corrected chi connectivity index (χ1v) is 6.55. The van der Waals surface area contributed by atoms with Gasteiger partial charge in [0.25, 0.3) is 5.69 Å². The van der Waals surface area contributed by atoms with E-state index in [1.807, 2.05) is 0 Å². The van der Waals surface area contributed by atoms with E-state index >= 15 is 0 Å². The van der Waals surface area contributed by atoms with Crippen LogP contribution in [0, 0.1) is 10.1 Å².